The molecule has 1 heterocycles. The van der Waals surface area contributed by atoms with Gasteiger partial charge in [0, 0.05) is 12.2 Å². The third-order valence-corrected chi connectivity index (χ3v) is 5.56. The minimum atomic E-state index is -0.485. The summed E-state index contributed by atoms with van der Waals surface area (Å²) in [7, 11) is 0. The smallest absolute Gasteiger partial charge is 0.324 e. The number of aromatic nitrogens is 2. The molecule has 6 nitrogen and oxygen atoms in total. The van der Waals surface area contributed by atoms with Gasteiger partial charge in [0.15, 0.2) is 0 Å². The Morgan fingerprint density at radius 1 is 0.875 bits per heavy atom. The lowest BCUT2D eigenvalue weighted by Gasteiger charge is -2.15. The van der Waals surface area contributed by atoms with Crippen molar-refractivity contribution in [2.75, 3.05) is 5.32 Å². The molecule has 0 spiro atoms. The summed E-state index contributed by atoms with van der Waals surface area (Å²) < 4.78 is 2.60. The van der Waals surface area contributed by atoms with Gasteiger partial charge >= 0.3 is 5.69 Å². The highest BCUT2D eigenvalue weighted by atomic mass is 16.2. The molecule has 0 unspecified atom stereocenters. The maximum Gasteiger partial charge on any atom is 0.331 e. The maximum absolute atomic E-state index is 13.3. The van der Waals surface area contributed by atoms with Crippen LogP contribution in [0.5, 0.6) is 0 Å². The number of aryl methyl sites for hydroxylation is 3. The second-order valence-electron chi connectivity index (χ2n) is 7.94. The third kappa shape index (κ3) is 4.39. The largest absolute Gasteiger partial charge is 0.331 e. The molecule has 0 aliphatic heterocycles. The summed E-state index contributed by atoms with van der Waals surface area (Å²) in [5.41, 5.74) is 3.43. The first-order valence-electron chi connectivity index (χ1n) is 10.6. The summed E-state index contributed by atoms with van der Waals surface area (Å²) in [5.74, 6) is -0.324. The van der Waals surface area contributed by atoms with E-state index in [1.807, 2.05) is 62.4 Å². The van der Waals surface area contributed by atoms with Gasteiger partial charge in [-0.05, 0) is 49.6 Å². The van der Waals surface area contributed by atoms with E-state index in [1.54, 1.807) is 24.3 Å². The van der Waals surface area contributed by atoms with Crippen LogP contribution in [0.3, 0.4) is 0 Å². The zero-order chi connectivity index (χ0) is 22.7. The van der Waals surface area contributed by atoms with Gasteiger partial charge in [0.2, 0.25) is 5.91 Å². The van der Waals surface area contributed by atoms with E-state index in [0.717, 1.165) is 16.7 Å². The topological polar surface area (TPSA) is 73.1 Å². The summed E-state index contributed by atoms with van der Waals surface area (Å²) in [4.78, 5) is 39.1. The lowest BCUT2D eigenvalue weighted by molar-refractivity contribution is -0.116. The van der Waals surface area contributed by atoms with Crippen LogP contribution in [0.4, 0.5) is 5.69 Å². The van der Waals surface area contributed by atoms with Crippen LogP contribution in [0.25, 0.3) is 10.9 Å². The summed E-state index contributed by atoms with van der Waals surface area (Å²) in [6.45, 7) is 3.97. The second-order valence-corrected chi connectivity index (χ2v) is 7.94. The zero-order valence-corrected chi connectivity index (χ0v) is 18.2. The first-order chi connectivity index (χ1) is 15.4. The quantitative estimate of drug-likeness (QED) is 0.510. The predicted molar refractivity (Wildman–Crippen MR) is 127 cm³/mol. The Morgan fingerprint density at radius 2 is 1.62 bits per heavy atom. The van der Waals surface area contributed by atoms with Crippen molar-refractivity contribution in [3.8, 4) is 0 Å². The standard InChI is InChI=1S/C26H25N3O3/c1-18-8-7-10-20(16-18)14-15-28-25(31)21-11-4-6-13-23(21)29(26(28)32)17-24(30)27-22-12-5-3-9-19(22)2/h3-13,16H,14-15,17H2,1-2H3,(H,27,30). The zero-order valence-electron chi connectivity index (χ0n) is 18.2. The van der Waals surface area contributed by atoms with Crippen molar-refractivity contribution in [2.24, 2.45) is 0 Å². The van der Waals surface area contributed by atoms with Crippen LogP contribution >= 0.6 is 0 Å². The number of nitrogens with zero attached hydrogens (tertiary/aromatic N) is 2. The highest BCUT2D eigenvalue weighted by Crippen LogP contribution is 2.14. The van der Waals surface area contributed by atoms with Crippen LogP contribution in [-0.2, 0) is 24.3 Å². The molecular weight excluding hydrogens is 402 g/mol. The number of fused-ring (bicyclic) bond motifs is 1. The Hall–Kier alpha value is -3.93. The Bertz CT molecular complexity index is 1420. The number of hydrogen-bond acceptors (Lipinski definition) is 3. The van der Waals surface area contributed by atoms with Gasteiger partial charge in [-0.15, -0.1) is 0 Å². The van der Waals surface area contributed by atoms with Crippen molar-refractivity contribution in [3.63, 3.8) is 0 Å². The lowest BCUT2D eigenvalue weighted by atomic mass is 10.1. The monoisotopic (exact) mass is 427 g/mol. The van der Waals surface area contributed by atoms with Crippen molar-refractivity contribution in [3.05, 3.63) is 110 Å². The molecule has 1 aromatic heterocycles. The first-order valence-corrected chi connectivity index (χ1v) is 10.6. The minimum absolute atomic E-state index is 0.182. The van der Waals surface area contributed by atoms with E-state index in [1.165, 1.54) is 9.13 Å². The fourth-order valence-electron chi connectivity index (χ4n) is 3.88. The first kappa shape index (κ1) is 21.3. The van der Waals surface area contributed by atoms with Crippen molar-refractivity contribution in [1.29, 1.82) is 0 Å². The van der Waals surface area contributed by atoms with Gasteiger partial charge < -0.3 is 5.32 Å². The van der Waals surface area contributed by atoms with Crippen LogP contribution in [0.15, 0.2) is 82.4 Å². The number of hydrogen-bond donors (Lipinski definition) is 1. The van der Waals surface area contributed by atoms with Crippen LogP contribution in [0.2, 0.25) is 0 Å². The molecule has 0 aliphatic carbocycles. The van der Waals surface area contributed by atoms with Gasteiger partial charge in [0.25, 0.3) is 5.56 Å². The molecule has 1 N–H and O–H groups in total. The highest BCUT2D eigenvalue weighted by Gasteiger charge is 2.15. The predicted octanol–water partition coefficient (Wildman–Crippen LogP) is 3.66. The Morgan fingerprint density at radius 3 is 2.41 bits per heavy atom. The molecule has 32 heavy (non-hydrogen) atoms. The molecule has 1 amide bonds. The molecule has 0 saturated heterocycles. The van der Waals surface area contributed by atoms with Crippen molar-refractivity contribution >= 4 is 22.5 Å². The number of para-hydroxylation sites is 2. The number of carbonyl (C=O) groups excluding carboxylic acids is 1. The fourth-order valence-corrected chi connectivity index (χ4v) is 3.88. The molecule has 4 rings (SSSR count). The van der Waals surface area contributed by atoms with Crippen molar-refractivity contribution in [1.82, 2.24) is 9.13 Å². The van der Waals surface area contributed by atoms with E-state index in [9.17, 15) is 14.4 Å². The van der Waals surface area contributed by atoms with Gasteiger partial charge in [-0.25, -0.2) is 4.79 Å². The van der Waals surface area contributed by atoms with E-state index < -0.39 is 5.69 Å². The molecule has 162 valence electrons. The van der Waals surface area contributed by atoms with Crippen LogP contribution < -0.4 is 16.6 Å². The maximum atomic E-state index is 13.3. The van der Waals surface area contributed by atoms with E-state index in [4.69, 9.17) is 0 Å². The van der Waals surface area contributed by atoms with Gasteiger partial charge in [0.05, 0.1) is 10.9 Å². The summed E-state index contributed by atoms with van der Waals surface area (Å²) in [6, 6.07) is 22.4. The number of carbonyl (C=O) groups is 1. The molecule has 6 heteroatoms. The summed E-state index contributed by atoms with van der Waals surface area (Å²) >= 11 is 0. The van der Waals surface area contributed by atoms with Gasteiger partial charge in [-0.2, -0.15) is 0 Å². The molecular formula is C26H25N3O3. The average Bonchev–Trinajstić information content (AvgIpc) is 2.78. The second kappa shape index (κ2) is 9.06. The Kier molecular flexibility index (Phi) is 6.03. The highest BCUT2D eigenvalue weighted by molar-refractivity contribution is 5.92. The van der Waals surface area contributed by atoms with E-state index in [-0.39, 0.29) is 24.6 Å². The number of benzene rings is 3. The van der Waals surface area contributed by atoms with Gasteiger partial charge in [-0.3, -0.25) is 18.7 Å². The lowest BCUT2D eigenvalue weighted by Crippen LogP contribution is -2.42. The molecule has 0 saturated carbocycles. The van der Waals surface area contributed by atoms with Crippen LogP contribution in [-0.4, -0.2) is 15.0 Å². The van der Waals surface area contributed by atoms with Crippen molar-refractivity contribution < 1.29 is 4.79 Å². The third-order valence-electron chi connectivity index (χ3n) is 5.56. The number of anilines is 1. The normalized spacial score (nSPS) is 10.9. The molecule has 0 aliphatic rings. The SMILES string of the molecule is Cc1cccc(CCn2c(=O)c3ccccc3n(CC(=O)Nc3ccccc3C)c2=O)c1. The molecule has 3 aromatic carbocycles. The minimum Gasteiger partial charge on any atom is -0.324 e. The molecule has 0 fully saturated rings. The fraction of sp³-hybridized carbons (Fsp3) is 0.192. The Balaban J connectivity index is 1.70. The number of amides is 1. The van der Waals surface area contributed by atoms with Gasteiger partial charge in [0.1, 0.15) is 6.54 Å². The number of nitrogens with one attached hydrogen (secondary N) is 1. The van der Waals surface area contributed by atoms with Crippen LogP contribution in [0.1, 0.15) is 16.7 Å². The molecule has 4 aromatic rings. The summed E-state index contributed by atoms with van der Waals surface area (Å²) in [6.07, 6.45) is 0.546. The Labute approximate surface area is 185 Å². The van der Waals surface area contributed by atoms with Gasteiger partial charge in [-0.1, -0.05) is 60.2 Å². The summed E-state index contributed by atoms with van der Waals surface area (Å²) in [5, 5.41) is 3.28. The van der Waals surface area contributed by atoms with E-state index in [0.29, 0.717) is 23.0 Å². The van der Waals surface area contributed by atoms with Crippen LogP contribution in [0, 0.1) is 13.8 Å². The number of rotatable bonds is 6. The molecule has 0 bridgehead atoms. The van der Waals surface area contributed by atoms with E-state index in [2.05, 4.69) is 5.32 Å². The van der Waals surface area contributed by atoms with Crippen molar-refractivity contribution in [2.45, 2.75) is 33.4 Å². The molecule has 0 radical (unpaired) electrons. The average molecular weight is 428 g/mol. The van der Waals surface area contributed by atoms with E-state index >= 15 is 0 Å². The molecule has 0 atom stereocenters.